The van der Waals surface area contributed by atoms with Gasteiger partial charge in [-0.15, -0.1) is 0 Å². The lowest BCUT2D eigenvalue weighted by atomic mass is 9.47. The molecule has 0 aromatic rings. The Morgan fingerprint density at radius 2 is 1.20 bits per heavy atom. The van der Waals surface area contributed by atoms with Crippen molar-refractivity contribution in [3.05, 3.63) is 11.6 Å². The number of fused-ring (bicyclic) bond motifs is 5. The first kappa shape index (κ1) is 67.5. The van der Waals surface area contributed by atoms with Gasteiger partial charge >= 0.3 is 10.4 Å². The third-order valence-corrected chi connectivity index (χ3v) is 22.2. The molecule has 6 saturated heterocycles. The van der Waals surface area contributed by atoms with Crippen LogP contribution in [0.2, 0.25) is 0 Å². The molecule has 3 saturated carbocycles. The molecule has 4 aliphatic carbocycles. The number of hydrogen-bond donors (Lipinski definition) is 14. The maximum atomic E-state index is 12.5. The molecule has 36 atom stereocenters. The summed E-state index contributed by atoms with van der Waals surface area (Å²) in [7, 11) is -4.89. The number of aliphatic hydroxyl groups excluding tert-OH is 12. The average molecular weight is 1260 g/mol. The molecule has 86 heavy (non-hydrogen) atoms. The van der Waals surface area contributed by atoms with Gasteiger partial charge in [0.1, 0.15) is 104 Å². The minimum atomic E-state index is -4.89. The van der Waals surface area contributed by atoms with Crippen LogP contribution in [0, 0.1) is 46.3 Å². The first-order valence-corrected chi connectivity index (χ1v) is 31.9. The molecule has 10 rings (SSSR count). The number of ether oxygens (including phenoxy) is 11. The van der Waals surface area contributed by atoms with Crippen LogP contribution in [0.3, 0.4) is 0 Å². The van der Waals surface area contributed by atoms with E-state index >= 15 is 0 Å². The first-order chi connectivity index (χ1) is 40.2. The van der Waals surface area contributed by atoms with E-state index in [-0.39, 0.29) is 48.7 Å². The minimum Gasteiger partial charge on any atom is -0.394 e. The van der Waals surface area contributed by atoms with Gasteiger partial charge in [0.2, 0.25) is 0 Å². The number of epoxide rings is 1. The number of aliphatic hydroxyl groups is 13. The Hall–Kier alpha value is -1.35. The van der Waals surface area contributed by atoms with E-state index in [1.807, 2.05) is 6.92 Å². The SMILES string of the molecule is CC(C)[C@H](C)C1OC1[C@](C)(O)[C@H]1CCC2C3C[C@H](O[C@@H]4O[C@H](CO)[C@@H](O)[C@H](O[C@@H]5O[C@H](C)[C@@H](O[C@@H]6OC[C@H](O)[C@H](O)[C@H]6O[C@@H]6O[C@H](C)[C@H](O)[C@H](O)[C@H]6O)[C@H](O)[C@H]5O[C@@H]5O[C@H](C)[C@@H](O)[C@H](O)[C@H]5O)[C@H]4O)C4C[C@H](OS(=O)(=O)O)CC[C@]4(C)C3=CC[C@@]21C. The van der Waals surface area contributed by atoms with Gasteiger partial charge in [0, 0.05) is 0 Å². The summed E-state index contributed by atoms with van der Waals surface area (Å²) in [6.07, 6.45) is -37.6. The summed E-state index contributed by atoms with van der Waals surface area (Å²) >= 11 is 0. The highest BCUT2D eigenvalue weighted by atomic mass is 32.3. The van der Waals surface area contributed by atoms with Crippen molar-refractivity contribution in [2.45, 2.75) is 285 Å². The molecule has 14 N–H and O–H groups in total. The summed E-state index contributed by atoms with van der Waals surface area (Å²) in [6.45, 7) is 15.4. The molecule has 496 valence electrons. The summed E-state index contributed by atoms with van der Waals surface area (Å²) in [5.41, 5.74) is -1.04. The van der Waals surface area contributed by atoms with Gasteiger partial charge in [-0.1, -0.05) is 46.3 Å². The van der Waals surface area contributed by atoms with Gasteiger partial charge in [0.15, 0.2) is 31.5 Å². The van der Waals surface area contributed by atoms with Crippen LogP contribution in [0.1, 0.15) is 107 Å². The molecular formula is C57H94O28S. The van der Waals surface area contributed by atoms with Crippen LogP contribution in [0.25, 0.3) is 0 Å². The van der Waals surface area contributed by atoms with Crippen LogP contribution in [0.4, 0.5) is 0 Å². The van der Waals surface area contributed by atoms with Crippen molar-refractivity contribution in [2.75, 3.05) is 13.2 Å². The fraction of sp³-hybridized carbons (Fsp3) is 0.965. The van der Waals surface area contributed by atoms with Crippen molar-refractivity contribution >= 4 is 10.4 Å². The van der Waals surface area contributed by atoms with E-state index in [9.17, 15) is 79.4 Å². The smallest absolute Gasteiger partial charge is 0.394 e. The Labute approximate surface area is 500 Å². The van der Waals surface area contributed by atoms with E-state index in [1.165, 1.54) is 20.8 Å². The minimum absolute atomic E-state index is 0.0293. The second-order valence-electron chi connectivity index (χ2n) is 27.3. The molecular weight excluding hydrogens is 1160 g/mol. The van der Waals surface area contributed by atoms with E-state index in [0.717, 1.165) is 18.4 Å². The second-order valence-corrected chi connectivity index (χ2v) is 28.4. The molecule has 29 heteroatoms. The Kier molecular flexibility index (Phi) is 20.0. The molecule has 0 aromatic carbocycles. The molecule has 0 bridgehead atoms. The Balaban J connectivity index is 0.925. The maximum Gasteiger partial charge on any atom is 0.397 e. The van der Waals surface area contributed by atoms with Crippen molar-refractivity contribution in [3.63, 3.8) is 0 Å². The normalized spacial score (nSPS) is 53.6. The zero-order chi connectivity index (χ0) is 62.8. The van der Waals surface area contributed by atoms with Gasteiger partial charge in [0.05, 0.1) is 55.4 Å². The van der Waals surface area contributed by atoms with Crippen LogP contribution < -0.4 is 0 Å². The average Bonchev–Trinajstić information content (AvgIpc) is 1.42. The Morgan fingerprint density at radius 1 is 0.628 bits per heavy atom. The largest absolute Gasteiger partial charge is 0.397 e. The zero-order valence-electron chi connectivity index (χ0n) is 50.0. The molecule has 6 heterocycles. The predicted molar refractivity (Wildman–Crippen MR) is 289 cm³/mol. The van der Waals surface area contributed by atoms with Crippen molar-refractivity contribution in [3.8, 4) is 0 Å². The number of hydrogen-bond acceptors (Lipinski definition) is 27. The molecule has 0 radical (unpaired) electrons. The third-order valence-electron chi connectivity index (χ3n) is 21.7. The van der Waals surface area contributed by atoms with Crippen molar-refractivity contribution in [1.29, 1.82) is 0 Å². The van der Waals surface area contributed by atoms with Gasteiger partial charge < -0.3 is 118 Å². The standard InChI is InChI=1S/C57H94O28S/c1-20(2)21(3)44-49(80-44)57(9,70)33-11-10-27-26-17-31(29-16-25(85-86(71,72)73)12-14-55(29,7)28(26)13-15-56(27,33)8)78-52-43(69)46(37(63)32(18-58)79-52)82-54-48(84-51-41(67)39(65)35(61)23(5)76-51)42(68)45(24(6)77-54)81-53-47(36(62)30(59)19-74-53)83-50-40(66)38(64)34(60)22(4)75-50/h13,20-27,29-54,58-70H,10-12,14-19H2,1-9H3,(H,71,72,73)/t21-,22+,23+,24+,25+,26?,27?,29?,30-,31-,32+,33-,34-,35+,36-,37+,38-,39-,40+,41+,42-,43+,44?,45+,46-,47+,48+,49?,50-,51-,52+,53-,54-,55+,56-,57+/m0/s1. The number of rotatable bonds is 17. The highest BCUT2D eigenvalue weighted by Gasteiger charge is 2.67. The first-order valence-electron chi connectivity index (χ1n) is 30.6. The Bertz CT molecular complexity index is 2460. The highest BCUT2D eigenvalue weighted by molar-refractivity contribution is 7.80. The molecule has 5 unspecified atom stereocenters. The van der Waals surface area contributed by atoms with E-state index in [1.54, 1.807) is 0 Å². The molecule has 0 aromatic heterocycles. The highest BCUT2D eigenvalue weighted by Crippen LogP contribution is 2.68. The van der Waals surface area contributed by atoms with Crippen LogP contribution in [-0.2, 0) is 66.7 Å². The summed E-state index contributed by atoms with van der Waals surface area (Å²) in [6, 6.07) is 0. The van der Waals surface area contributed by atoms with E-state index in [4.69, 9.17) is 56.3 Å². The number of allylic oxidation sites excluding steroid dienone is 2. The molecule has 28 nitrogen and oxygen atoms in total. The van der Waals surface area contributed by atoms with Crippen LogP contribution in [0.5, 0.6) is 0 Å². The van der Waals surface area contributed by atoms with Crippen molar-refractivity contribution < 1.29 is 136 Å². The fourth-order valence-corrected chi connectivity index (χ4v) is 16.8. The molecule has 9 fully saturated rings. The van der Waals surface area contributed by atoms with E-state index in [0.29, 0.717) is 25.2 Å². The van der Waals surface area contributed by atoms with Crippen LogP contribution in [0.15, 0.2) is 11.6 Å². The molecule has 10 aliphatic rings. The summed E-state index contributed by atoms with van der Waals surface area (Å²) in [4.78, 5) is 0. The van der Waals surface area contributed by atoms with Gasteiger partial charge in [-0.25, -0.2) is 4.18 Å². The van der Waals surface area contributed by atoms with Crippen LogP contribution in [-0.4, -0.2) is 270 Å². The fourth-order valence-electron chi connectivity index (χ4n) is 16.3. The van der Waals surface area contributed by atoms with Gasteiger partial charge in [-0.3, -0.25) is 4.55 Å². The molecule has 0 amide bonds. The zero-order valence-corrected chi connectivity index (χ0v) is 50.8. The lowest BCUT2D eigenvalue weighted by Crippen LogP contribution is -2.68. The lowest BCUT2D eigenvalue weighted by Gasteiger charge is -2.60. The molecule has 0 spiro atoms. The van der Waals surface area contributed by atoms with E-state index < -0.39 is 206 Å². The summed E-state index contributed by atoms with van der Waals surface area (Å²) < 4.78 is 107. The monoisotopic (exact) mass is 1260 g/mol. The summed E-state index contributed by atoms with van der Waals surface area (Å²) in [5.74, 6) is -0.205. The predicted octanol–water partition coefficient (Wildman–Crippen LogP) is -2.62. The van der Waals surface area contributed by atoms with Crippen molar-refractivity contribution in [1.82, 2.24) is 0 Å². The Morgan fingerprint density at radius 3 is 1.79 bits per heavy atom. The maximum absolute atomic E-state index is 12.5. The van der Waals surface area contributed by atoms with Crippen LogP contribution >= 0.6 is 0 Å². The lowest BCUT2D eigenvalue weighted by molar-refractivity contribution is -0.403. The van der Waals surface area contributed by atoms with Gasteiger partial charge in [0.25, 0.3) is 0 Å². The quantitative estimate of drug-likeness (QED) is 0.0403. The summed E-state index contributed by atoms with van der Waals surface area (Å²) in [5, 5.41) is 146. The molecule has 6 aliphatic heterocycles. The van der Waals surface area contributed by atoms with E-state index in [2.05, 4.69) is 40.7 Å². The second kappa shape index (κ2) is 25.5. The van der Waals surface area contributed by atoms with Gasteiger partial charge in [-0.2, -0.15) is 8.42 Å². The van der Waals surface area contributed by atoms with Gasteiger partial charge in [-0.05, 0) is 119 Å². The topological polar surface area (TPSA) is 431 Å². The van der Waals surface area contributed by atoms with Crippen molar-refractivity contribution in [2.24, 2.45) is 46.3 Å². The third kappa shape index (κ3) is 12.5.